The van der Waals surface area contributed by atoms with Gasteiger partial charge >= 0.3 is 0 Å². The van der Waals surface area contributed by atoms with E-state index in [-0.39, 0.29) is 13.2 Å². The fourth-order valence-corrected chi connectivity index (χ4v) is 3.84. The fourth-order valence-electron chi connectivity index (χ4n) is 3.84. The lowest BCUT2D eigenvalue weighted by molar-refractivity contribution is 0.285. The van der Waals surface area contributed by atoms with Crippen molar-refractivity contribution in [3.05, 3.63) is 72.3 Å². The summed E-state index contributed by atoms with van der Waals surface area (Å²) in [5.74, 6) is 1.44. The smallest absolute Gasteiger partial charge is 0.123 e. The van der Waals surface area contributed by atoms with Gasteiger partial charge in [-0.05, 0) is 52.8 Å². The number of rotatable bonds is 19. The maximum Gasteiger partial charge on any atom is 0.123 e. The maximum atomic E-state index is 9.17. The third-order valence-electron chi connectivity index (χ3n) is 6.13. The Balaban J connectivity index is 2.01. The van der Waals surface area contributed by atoms with E-state index in [0.29, 0.717) is 26.1 Å². The molecule has 0 atom stereocenters. The lowest BCUT2D eigenvalue weighted by Gasteiger charge is -2.14. The van der Waals surface area contributed by atoms with Crippen LogP contribution in [0, 0.1) is 0 Å². The Labute approximate surface area is 212 Å². The highest BCUT2D eigenvalue weighted by atomic mass is 16.5. The second-order valence-electron chi connectivity index (χ2n) is 9.27. The molecule has 2 aromatic rings. The van der Waals surface area contributed by atoms with Crippen molar-refractivity contribution in [3.63, 3.8) is 0 Å². The molecule has 0 bridgehead atoms. The van der Waals surface area contributed by atoms with Gasteiger partial charge in [0, 0.05) is 18.9 Å². The van der Waals surface area contributed by atoms with Crippen molar-refractivity contribution in [1.82, 2.24) is 0 Å². The molecule has 0 aliphatic rings. The zero-order valence-electron chi connectivity index (χ0n) is 21.6. The van der Waals surface area contributed by atoms with Crippen LogP contribution in [-0.4, -0.2) is 36.6 Å². The van der Waals surface area contributed by atoms with Crippen molar-refractivity contribution in [3.8, 4) is 22.6 Å². The number of aliphatic hydroxyl groups excluding tert-OH is 2. The molecule has 2 rings (SSSR count). The van der Waals surface area contributed by atoms with E-state index >= 15 is 0 Å². The van der Waals surface area contributed by atoms with E-state index in [2.05, 4.69) is 44.3 Å². The lowest BCUT2D eigenvalue weighted by Crippen LogP contribution is -2.03. The topological polar surface area (TPSA) is 58.9 Å². The number of hydrogen-bond donors (Lipinski definition) is 2. The Bertz CT molecular complexity index is 845. The van der Waals surface area contributed by atoms with Gasteiger partial charge in [-0.1, -0.05) is 82.9 Å². The summed E-state index contributed by atoms with van der Waals surface area (Å²) in [4.78, 5) is 0. The van der Waals surface area contributed by atoms with Crippen molar-refractivity contribution < 1.29 is 19.7 Å². The first-order valence-corrected chi connectivity index (χ1v) is 13.1. The summed E-state index contributed by atoms with van der Waals surface area (Å²) >= 11 is 0. The zero-order valence-corrected chi connectivity index (χ0v) is 21.6. The summed E-state index contributed by atoms with van der Waals surface area (Å²) in [7, 11) is 0. The predicted octanol–water partition coefficient (Wildman–Crippen LogP) is 7.28. The fraction of sp³-hybridized carbons (Fsp3) is 0.484. The summed E-state index contributed by atoms with van der Waals surface area (Å²) < 4.78 is 11.9. The molecule has 4 heteroatoms. The highest BCUT2D eigenvalue weighted by Crippen LogP contribution is 2.31. The number of benzene rings is 2. The number of aliphatic hydroxyl groups is 2. The lowest BCUT2D eigenvalue weighted by atomic mass is 10.0. The average molecular weight is 481 g/mol. The molecule has 0 saturated heterocycles. The molecule has 4 nitrogen and oxygen atoms in total. The molecule has 35 heavy (non-hydrogen) atoms. The standard InChI is InChI=1S/C31H44O4/c1-4-5-6-7-8-9-10-11-27-12-14-28(15-13-27)29-20-30(34-18-16-25(2)23-32)22-31(21-29)35-19-17-26(3)24-33/h12-15,20-22,32-33H,2-11,16-19,23-24H2,1H3. The molecule has 2 N–H and O–H groups in total. The second-order valence-corrected chi connectivity index (χ2v) is 9.27. The minimum atomic E-state index is -0.0300. The molecule has 0 heterocycles. The van der Waals surface area contributed by atoms with Crippen molar-refractivity contribution in [2.45, 2.75) is 71.1 Å². The molecule has 0 aliphatic heterocycles. The van der Waals surface area contributed by atoms with Gasteiger partial charge in [-0.15, -0.1) is 0 Å². The number of unbranched alkanes of at least 4 members (excludes halogenated alkanes) is 6. The Morgan fingerprint density at radius 2 is 1.20 bits per heavy atom. The summed E-state index contributed by atoms with van der Waals surface area (Å²) in [6, 6.07) is 14.7. The molecular weight excluding hydrogens is 436 g/mol. The van der Waals surface area contributed by atoms with Gasteiger partial charge in [-0.25, -0.2) is 0 Å². The van der Waals surface area contributed by atoms with E-state index in [4.69, 9.17) is 19.7 Å². The Hall–Kier alpha value is -2.56. The molecule has 0 unspecified atom stereocenters. The molecule has 0 fully saturated rings. The maximum absolute atomic E-state index is 9.17. The molecule has 0 aromatic heterocycles. The Morgan fingerprint density at radius 1 is 0.686 bits per heavy atom. The summed E-state index contributed by atoms with van der Waals surface area (Å²) in [6.07, 6.45) is 11.6. The first kappa shape index (κ1) is 28.7. The van der Waals surface area contributed by atoms with Crippen LogP contribution >= 0.6 is 0 Å². The highest BCUT2D eigenvalue weighted by molar-refractivity contribution is 5.67. The van der Waals surface area contributed by atoms with Gasteiger partial charge < -0.3 is 19.7 Å². The van der Waals surface area contributed by atoms with E-state index in [1.165, 1.54) is 50.5 Å². The van der Waals surface area contributed by atoms with Crippen LogP contribution in [-0.2, 0) is 6.42 Å². The largest absolute Gasteiger partial charge is 0.493 e. The van der Waals surface area contributed by atoms with E-state index in [9.17, 15) is 0 Å². The van der Waals surface area contributed by atoms with Crippen LogP contribution in [0.15, 0.2) is 66.8 Å². The number of ether oxygens (including phenoxy) is 2. The van der Waals surface area contributed by atoms with Crippen molar-refractivity contribution in [1.29, 1.82) is 0 Å². The predicted molar refractivity (Wildman–Crippen MR) is 146 cm³/mol. The third-order valence-corrected chi connectivity index (χ3v) is 6.13. The summed E-state index contributed by atoms with van der Waals surface area (Å²) in [6.45, 7) is 10.7. The molecule has 0 aliphatic carbocycles. The van der Waals surface area contributed by atoms with Crippen LogP contribution in [0.1, 0.15) is 70.3 Å². The SMILES string of the molecule is C=C(CO)CCOc1cc(OCCC(=C)CO)cc(-c2ccc(CCCCCCCCC)cc2)c1. The molecule has 192 valence electrons. The minimum Gasteiger partial charge on any atom is -0.493 e. The van der Waals surface area contributed by atoms with Crippen molar-refractivity contribution in [2.24, 2.45) is 0 Å². The van der Waals surface area contributed by atoms with Gasteiger partial charge in [-0.3, -0.25) is 0 Å². The first-order valence-electron chi connectivity index (χ1n) is 13.1. The Morgan fingerprint density at radius 3 is 1.71 bits per heavy atom. The first-order chi connectivity index (χ1) is 17.0. The average Bonchev–Trinajstić information content (AvgIpc) is 2.88. The number of hydrogen-bond acceptors (Lipinski definition) is 4. The van der Waals surface area contributed by atoms with Crippen LogP contribution in [0.2, 0.25) is 0 Å². The molecule has 0 amide bonds. The van der Waals surface area contributed by atoms with Crippen LogP contribution < -0.4 is 9.47 Å². The highest BCUT2D eigenvalue weighted by Gasteiger charge is 2.07. The van der Waals surface area contributed by atoms with Crippen LogP contribution in [0.4, 0.5) is 0 Å². The minimum absolute atomic E-state index is 0.0300. The van der Waals surface area contributed by atoms with E-state index in [1.54, 1.807) is 0 Å². The van der Waals surface area contributed by atoms with Crippen LogP contribution in [0.5, 0.6) is 11.5 Å². The molecule has 2 aromatic carbocycles. The Kier molecular flexibility index (Phi) is 13.9. The van der Waals surface area contributed by atoms with Gasteiger partial charge in [0.25, 0.3) is 0 Å². The third kappa shape index (κ3) is 11.6. The summed E-state index contributed by atoms with van der Waals surface area (Å²) in [5, 5.41) is 18.3. The monoisotopic (exact) mass is 480 g/mol. The van der Waals surface area contributed by atoms with Gasteiger partial charge in [0.15, 0.2) is 0 Å². The quantitative estimate of drug-likeness (QED) is 0.164. The molecule has 0 radical (unpaired) electrons. The molecule has 0 spiro atoms. The van der Waals surface area contributed by atoms with E-state index in [1.807, 2.05) is 18.2 Å². The van der Waals surface area contributed by atoms with E-state index in [0.717, 1.165) is 40.2 Å². The normalized spacial score (nSPS) is 10.8. The van der Waals surface area contributed by atoms with Gasteiger partial charge in [0.2, 0.25) is 0 Å². The van der Waals surface area contributed by atoms with E-state index < -0.39 is 0 Å². The van der Waals surface area contributed by atoms with Crippen molar-refractivity contribution in [2.75, 3.05) is 26.4 Å². The molecular formula is C31H44O4. The van der Waals surface area contributed by atoms with Gasteiger partial charge in [0.1, 0.15) is 11.5 Å². The van der Waals surface area contributed by atoms with Crippen molar-refractivity contribution >= 4 is 0 Å². The second kappa shape index (κ2) is 17.0. The van der Waals surface area contributed by atoms with Crippen LogP contribution in [0.3, 0.4) is 0 Å². The number of aryl methyl sites for hydroxylation is 1. The van der Waals surface area contributed by atoms with Gasteiger partial charge in [-0.2, -0.15) is 0 Å². The summed E-state index contributed by atoms with van der Waals surface area (Å²) in [5.41, 5.74) is 5.01. The molecule has 0 saturated carbocycles. The van der Waals surface area contributed by atoms with Crippen LogP contribution in [0.25, 0.3) is 11.1 Å². The zero-order chi connectivity index (χ0) is 25.3. The van der Waals surface area contributed by atoms with Gasteiger partial charge in [0.05, 0.1) is 26.4 Å².